The third-order valence-electron chi connectivity index (χ3n) is 8.89. The number of likely N-dealkylation sites (tertiary alicyclic amines) is 1. The van der Waals surface area contributed by atoms with Gasteiger partial charge in [-0.2, -0.15) is 0 Å². The van der Waals surface area contributed by atoms with Crippen molar-refractivity contribution in [2.75, 3.05) is 19.7 Å². The Labute approximate surface area is 271 Å². The van der Waals surface area contributed by atoms with Gasteiger partial charge in [0.1, 0.15) is 24.0 Å². The lowest BCUT2D eigenvalue weighted by Crippen LogP contribution is -2.35. The second-order valence-electron chi connectivity index (χ2n) is 11.9. The fraction of sp³-hybridized carbons (Fsp3) is 0.306. The number of carbonyl (C=O) groups is 2. The predicted octanol–water partition coefficient (Wildman–Crippen LogP) is 5.48. The minimum absolute atomic E-state index is 0.00223. The molecule has 1 atom stereocenters. The maximum Gasteiger partial charge on any atom is 0.298 e. The van der Waals surface area contributed by atoms with Gasteiger partial charge in [-0.1, -0.05) is 18.2 Å². The van der Waals surface area contributed by atoms with Gasteiger partial charge in [0.25, 0.3) is 6.47 Å². The molecule has 2 aliphatic rings. The number of nitrogens with zero attached hydrogens (tertiary/aromatic N) is 5. The highest BCUT2D eigenvalue weighted by Gasteiger charge is 2.26. The fourth-order valence-electron chi connectivity index (χ4n) is 6.18. The third kappa shape index (κ3) is 6.91. The summed E-state index contributed by atoms with van der Waals surface area (Å²) in [5.74, 6) is 1.37. The lowest BCUT2D eigenvalue weighted by atomic mass is 9.93. The Morgan fingerprint density at radius 2 is 1.87 bits per heavy atom. The van der Waals surface area contributed by atoms with Crippen LogP contribution in [0.4, 0.5) is 4.39 Å². The van der Waals surface area contributed by atoms with Crippen LogP contribution >= 0.6 is 0 Å². The van der Waals surface area contributed by atoms with Gasteiger partial charge < -0.3 is 18.8 Å². The second-order valence-corrected chi connectivity index (χ2v) is 11.9. The van der Waals surface area contributed by atoms with Crippen molar-refractivity contribution >= 4 is 23.3 Å². The van der Waals surface area contributed by atoms with E-state index in [1.165, 1.54) is 12.3 Å². The number of imidazole rings is 1. The molecule has 2 saturated heterocycles. The van der Waals surface area contributed by atoms with Gasteiger partial charge in [0.2, 0.25) is 5.88 Å². The van der Waals surface area contributed by atoms with Crippen LogP contribution in [0, 0.1) is 5.82 Å². The summed E-state index contributed by atoms with van der Waals surface area (Å²) in [5, 5.41) is 0. The number of ether oxygens (including phenoxy) is 3. The largest absolute Gasteiger partial charge is 0.473 e. The molecule has 0 aliphatic carbocycles. The van der Waals surface area contributed by atoms with Crippen molar-refractivity contribution in [2.24, 2.45) is 0 Å². The van der Waals surface area contributed by atoms with Crippen LogP contribution in [-0.4, -0.2) is 62.5 Å². The monoisotopic (exact) mass is 635 g/mol. The van der Waals surface area contributed by atoms with Crippen molar-refractivity contribution in [1.82, 2.24) is 24.4 Å². The van der Waals surface area contributed by atoms with E-state index in [9.17, 15) is 14.0 Å². The van der Waals surface area contributed by atoms with Gasteiger partial charge in [0.15, 0.2) is 5.78 Å². The molecule has 5 aromatic rings. The molecule has 2 fully saturated rings. The average Bonchev–Trinajstić information content (AvgIpc) is 3.42. The van der Waals surface area contributed by atoms with Crippen LogP contribution in [0.25, 0.3) is 11.0 Å². The second kappa shape index (κ2) is 13.8. The first-order valence-electron chi connectivity index (χ1n) is 15.8. The number of halogens is 1. The summed E-state index contributed by atoms with van der Waals surface area (Å²) in [6.45, 7) is 4.39. The number of hydrogen-bond acceptors (Lipinski definition) is 9. The topological polar surface area (TPSA) is 109 Å². The first-order valence-corrected chi connectivity index (χ1v) is 15.8. The maximum atomic E-state index is 14.9. The molecular weight excluding hydrogens is 601 g/mol. The zero-order valence-electron chi connectivity index (χ0n) is 25.8. The molecule has 0 radical (unpaired) electrons. The van der Waals surface area contributed by atoms with Crippen molar-refractivity contribution < 1.29 is 28.2 Å². The maximum absolute atomic E-state index is 14.9. The Morgan fingerprint density at radius 1 is 1.00 bits per heavy atom. The molecular formula is C36H34FN5O5. The van der Waals surface area contributed by atoms with Crippen molar-refractivity contribution in [1.29, 1.82) is 0 Å². The summed E-state index contributed by atoms with van der Waals surface area (Å²) in [6.07, 6.45) is 6.08. The molecule has 0 N–H and O–H groups in total. The van der Waals surface area contributed by atoms with Crippen LogP contribution in [0.3, 0.4) is 0 Å². The van der Waals surface area contributed by atoms with Crippen molar-refractivity contribution in [2.45, 2.75) is 51.0 Å². The van der Waals surface area contributed by atoms with Gasteiger partial charge >= 0.3 is 0 Å². The Morgan fingerprint density at radius 3 is 2.62 bits per heavy atom. The Bertz CT molecular complexity index is 1890. The van der Waals surface area contributed by atoms with Gasteiger partial charge in [-0.3, -0.25) is 19.5 Å². The molecule has 0 spiro atoms. The highest BCUT2D eigenvalue weighted by atomic mass is 19.1. The van der Waals surface area contributed by atoms with Gasteiger partial charge in [-0.05, 0) is 68.8 Å². The number of hydrogen-bond donors (Lipinski definition) is 0. The minimum Gasteiger partial charge on any atom is -0.473 e. The van der Waals surface area contributed by atoms with Gasteiger partial charge in [0, 0.05) is 59.4 Å². The Hall–Kier alpha value is -5.00. The minimum atomic E-state index is -0.508. The van der Waals surface area contributed by atoms with E-state index in [0.717, 1.165) is 61.5 Å². The summed E-state index contributed by atoms with van der Waals surface area (Å²) in [6, 6.07) is 19.0. The number of ketones is 1. The molecule has 5 heterocycles. The molecule has 10 nitrogen and oxygen atoms in total. The van der Waals surface area contributed by atoms with Crippen molar-refractivity contribution in [3.63, 3.8) is 0 Å². The van der Waals surface area contributed by atoms with E-state index < -0.39 is 5.82 Å². The van der Waals surface area contributed by atoms with E-state index in [-0.39, 0.29) is 30.0 Å². The van der Waals surface area contributed by atoms with E-state index in [4.69, 9.17) is 24.2 Å². The lowest BCUT2D eigenvalue weighted by Gasteiger charge is -2.32. The van der Waals surface area contributed by atoms with E-state index in [1.807, 2.05) is 24.3 Å². The third-order valence-corrected chi connectivity index (χ3v) is 8.89. The molecule has 0 unspecified atom stereocenters. The fourth-order valence-corrected chi connectivity index (χ4v) is 6.18. The number of piperidine rings is 1. The van der Waals surface area contributed by atoms with Gasteiger partial charge in [0.05, 0.1) is 30.2 Å². The van der Waals surface area contributed by atoms with Gasteiger partial charge in [-0.15, -0.1) is 0 Å². The predicted molar refractivity (Wildman–Crippen MR) is 171 cm³/mol. The molecule has 3 aromatic heterocycles. The molecule has 240 valence electrons. The molecule has 0 bridgehead atoms. The van der Waals surface area contributed by atoms with E-state index in [1.54, 1.807) is 42.6 Å². The zero-order chi connectivity index (χ0) is 32.2. The standard InChI is InChI=1S/C36H34FN5O5/c37-30-17-25(36(44)26-3-2-13-38-19-26)6-7-27(30)22-46-35-5-1-4-31(40-35)24-10-14-41(15-11-24)21-34-39-32-9-8-28(47-23-43)18-33(32)42(34)20-29-12-16-45-29/h1-9,13,17-19,23-24,29H,10-12,14-16,20-22H2/t29-/m0/s1. The first-order chi connectivity index (χ1) is 23.0. The van der Waals surface area contributed by atoms with Crippen molar-refractivity contribution in [3.05, 3.63) is 113 Å². The van der Waals surface area contributed by atoms with Crippen molar-refractivity contribution in [3.8, 4) is 11.6 Å². The van der Waals surface area contributed by atoms with Crippen LogP contribution in [0.2, 0.25) is 0 Å². The van der Waals surface area contributed by atoms with Crippen LogP contribution < -0.4 is 9.47 Å². The summed E-state index contributed by atoms with van der Waals surface area (Å²) >= 11 is 0. The normalized spacial score (nSPS) is 16.9. The van der Waals surface area contributed by atoms with Crippen LogP contribution in [0.1, 0.15) is 58.2 Å². The van der Waals surface area contributed by atoms with Gasteiger partial charge in [-0.25, -0.2) is 14.4 Å². The number of rotatable bonds is 12. The average molecular weight is 636 g/mol. The molecule has 2 aromatic carbocycles. The molecule has 7 rings (SSSR count). The number of aromatic nitrogens is 4. The quantitative estimate of drug-likeness (QED) is 0.130. The molecule has 0 amide bonds. The van der Waals surface area contributed by atoms with Crippen LogP contribution in [0.5, 0.6) is 11.6 Å². The van der Waals surface area contributed by atoms with E-state index in [2.05, 4.69) is 14.5 Å². The van der Waals surface area contributed by atoms with E-state index in [0.29, 0.717) is 42.3 Å². The van der Waals surface area contributed by atoms with Crippen LogP contribution in [-0.2, 0) is 29.2 Å². The zero-order valence-corrected chi connectivity index (χ0v) is 25.8. The SMILES string of the molecule is O=COc1ccc2nc(CN3CCC(c4cccc(OCc5ccc(C(=O)c6cccnc6)cc5F)n4)CC3)n(C[C@@H]3CCO3)c2c1. The molecule has 0 saturated carbocycles. The molecule has 47 heavy (non-hydrogen) atoms. The van der Waals surface area contributed by atoms with E-state index >= 15 is 0 Å². The lowest BCUT2D eigenvalue weighted by molar-refractivity contribution is -0.120. The highest BCUT2D eigenvalue weighted by Crippen LogP contribution is 2.30. The summed E-state index contributed by atoms with van der Waals surface area (Å²) in [5.41, 5.74) is 3.76. The molecule has 11 heteroatoms. The Balaban J connectivity index is 0.968. The first kappa shape index (κ1) is 30.6. The number of fused-ring (bicyclic) bond motifs is 1. The van der Waals surface area contributed by atoms with Crippen LogP contribution in [0.15, 0.2) is 79.1 Å². The smallest absolute Gasteiger partial charge is 0.298 e. The summed E-state index contributed by atoms with van der Waals surface area (Å²) in [7, 11) is 0. The number of pyridine rings is 2. The highest BCUT2D eigenvalue weighted by molar-refractivity contribution is 6.08. The number of benzene rings is 2. The molecule has 2 aliphatic heterocycles. The summed E-state index contributed by atoms with van der Waals surface area (Å²) < 4.78 is 33.8. The Kier molecular flexibility index (Phi) is 8.98. The summed E-state index contributed by atoms with van der Waals surface area (Å²) in [4.78, 5) is 39.6. The number of carbonyl (C=O) groups excluding carboxylic acids is 2.